The summed E-state index contributed by atoms with van der Waals surface area (Å²) in [5, 5.41) is 3.64. The first-order chi connectivity index (χ1) is 8.89. The van der Waals surface area contributed by atoms with Crippen molar-refractivity contribution in [2.45, 2.75) is 52.1 Å². The number of carbonyl (C=O) groups is 1. The molecule has 19 heavy (non-hydrogen) atoms. The zero-order valence-corrected chi connectivity index (χ0v) is 12.9. The number of nitrogens with zero attached hydrogens (tertiary/aromatic N) is 2. The standard InChI is InChI=1S/C15H29N3O/c1-12(2)14(19)18-9-7-17(8-10-18)13-5-6-15(3,4)16-11-13/h12-13,16H,5-11H2,1-4H3. The molecule has 2 aliphatic heterocycles. The van der Waals surface area contributed by atoms with Gasteiger partial charge in [0.2, 0.25) is 5.91 Å². The first-order valence-electron chi connectivity index (χ1n) is 7.67. The zero-order chi connectivity index (χ0) is 14.0. The number of piperidine rings is 1. The van der Waals surface area contributed by atoms with Crippen molar-refractivity contribution in [1.82, 2.24) is 15.1 Å². The summed E-state index contributed by atoms with van der Waals surface area (Å²) in [6.07, 6.45) is 2.51. The van der Waals surface area contributed by atoms with Gasteiger partial charge in [-0.2, -0.15) is 0 Å². The van der Waals surface area contributed by atoms with E-state index in [1.807, 2.05) is 18.7 Å². The Morgan fingerprint density at radius 1 is 1.21 bits per heavy atom. The Morgan fingerprint density at radius 3 is 2.32 bits per heavy atom. The maximum absolute atomic E-state index is 12.0. The Hall–Kier alpha value is -0.610. The van der Waals surface area contributed by atoms with Gasteiger partial charge in [0.15, 0.2) is 0 Å². The van der Waals surface area contributed by atoms with E-state index in [4.69, 9.17) is 0 Å². The van der Waals surface area contributed by atoms with Crippen LogP contribution in [-0.2, 0) is 4.79 Å². The lowest BCUT2D eigenvalue weighted by atomic mass is 9.90. The van der Waals surface area contributed by atoms with Crippen LogP contribution in [0, 0.1) is 5.92 Å². The molecule has 0 radical (unpaired) electrons. The number of amides is 1. The minimum absolute atomic E-state index is 0.128. The third kappa shape index (κ3) is 3.69. The second-order valence-corrected chi connectivity index (χ2v) is 6.97. The van der Waals surface area contributed by atoms with Gasteiger partial charge in [0, 0.05) is 50.2 Å². The summed E-state index contributed by atoms with van der Waals surface area (Å²) in [7, 11) is 0. The second-order valence-electron chi connectivity index (χ2n) is 6.97. The molecule has 0 aromatic heterocycles. The SMILES string of the molecule is CC(C)C(=O)N1CCN(C2CCC(C)(C)NC2)CC1. The van der Waals surface area contributed by atoms with Gasteiger partial charge in [0.05, 0.1) is 0 Å². The fourth-order valence-corrected chi connectivity index (χ4v) is 3.10. The molecule has 0 bridgehead atoms. The first kappa shape index (κ1) is 14.8. The maximum atomic E-state index is 12.0. The molecule has 0 aliphatic carbocycles. The van der Waals surface area contributed by atoms with Gasteiger partial charge >= 0.3 is 0 Å². The highest BCUT2D eigenvalue weighted by Gasteiger charge is 2.32. The van der Waals surface area contributed by atoms with Crippen LogP contribution < -0.4 is 5.32 Å². The highest BCUT2D eigenvalue weighted by Crippen LogP contribution is 2.22. The van der Waals surface area contributed by atoms with Crippen LogP contribution in [0.3, 0.4) is 0 Å². The maximum Gasteiger partial charge on any atom is 0.225 e. The second kappa shape index (κ2) is 5.80. The van der Waals surface area contributed by atoms with E-state index in [1.165, 1.54) is 12.8 Å². The molecule has 110 valence electrons. The van der Waals surface area contributed by atoms with Gasteiger partial charge in [-0.3, -0.25) is 9.69 Å². The molecule has 2 heterocycles. The predicted octanol–water partition coefficient (Wildman–Crippen LogP) is 1.32. The van der Waals surface area contributed by atoms with Gasteiger partial charge in [-0.15, -0.1) is 0 Å². The monoisotopic (exact) mass is 267 g/mol. The van der Waals surface area contributed by atoms with E-state index in [2.05, 4.69) is 24.1 Å². The molecule has 0 saturated carbocycles. The molecule has 1 N–H and O–H groups in total. The summed E-state index contributed by atoms with van der Waals surface area (Å²) in [5.74, 6) is 0.436. The molecule has 1 amide bonds. The van der Waals surface area contributed by atoms with Crippen LogP contribution in [0.4, 0.5) is 0 Å². The fraction of sp³-hybridized carbons (Fsp3) is 0.933. The molecular formula is C15H29N3O. The Kier molecular flexibility index (Phi) is 4.51. The average molecular weight is 267 g/mol. The Labute approximate surface area is 117 Å². The fourth-order valence-electron chi connectivity index (χ4n) is 3.10. The van der Waals surface area contributed by atoms with Crippen molar-refractivity contribution in [3.63, 3.8) is 0 Å². The number of carbonyl (C=O) groups excluding carboxylic acids is 1. The van der Waals surface area contributed by atoms with E-state index in [9.17, 15) is 4.79 Å². The molecular weight excluding hydrogens is 238 g/mol. The Morgan fingerprint density at radius 2 is 1.84 bits per heavy atom. The summed E-state index contributed by atoms with van der Waals surface area (Å²) >= 11 is 0. The summed E-state index contributed by atoms with van der Waals surface area (Å²) in [5.41, 5.74) is 0.298. The van der Waals surface area contributed by atoms with E-state index in [-0.39, 0.29) is 5.92 Å². The Balaban J connectivity index is 1.79. The molecule has 1 unspecified atom stereocenters. The van der Waals surface area contributed by atoms with Crippen molar-refractivity contribution in [3.8, 4) is 0 Å². The van der Waals surface area contributed by atoms with Crippen LogP contribution in [-0.4, -0.2) is 60.0 Å². The van der Waals surface area contributed by atoms with Crippen molar-refractivity contribution in [1.29, 1.82) is 0 Å². The van der Waals surface area contributed by atoms with Crippen molar-refractivity contribution in [2.24, 2.45) is 5.92 Å². The topological polar surface area (TPSA) is 35.6 Å². The average Bonchev–Trinajstić information content (AvgIpc) is 2.38. The normalized spacial score (nSPS) is 28.7. The molecule has 0 aromatic carbocycles. The van der Waals surface area contributed by atoms with E-state index in [0.717, 1.165) is 32.7 Å². The number of hydrogen-bond acceptors (Lipinski definition) is 3. The molecule has 2 saturated heterocycles. The predicted molar refractivity (Wildman–Crippen MR) is 78.1 cm³/mol. The van der Waals surface area contributed by atoms with E-state index in [1.54, 1.807) is 0 Å². The number of piperazine rings is 1. The van der Waals surface area contributed by atoms with E-state index < -0.39 is 0 Å². The molecule has 4 nitrogen and oxygen atoms in total. The molecule has 1 atom stereocenters. The van der Waals surface area contributed by atoms with Crippen LogP contribution in [0.5, 0.6) is 0 Å². The number of nitrogens with one attached hydrogen (secondary N) is 1. The van der Waals surface area contributed by atoms with E-state index >= 15 is 0 Å². The number of hydrogen-bond donors (Lipinski definition) is 1. The number of rotatable bonds is 2. The highest BCUT2D eigenvalue weighted by atomic mass is 16.2. The lowest BCUT2D eigenvalue weighted by Gasteiger charge is -2.44. The molecule has 0 spiro atoms. The van der Waals surface area contributed by atoms with E-state index in [0.29, 0.717) is 17.5 Å². The molecule has 2 rings (SSSR count). The summed E-state index contributed by atoms with van der Waals surface area (Å²) in [6, 6.07) is 0.657. The summed E-state index contributed by atoms with van der Waals surface area (Å²) in [6.45, 7) is 13.5. The van der Waals surface area contributed by atoms with Gasteiger partial charge in [-0.05, 0) is 26.7 Å². The van der Waals surface area contributed by atoms with Crippen molar-refractivity contribution < 1.29 is 4.79 Å². The van der Waals surface area contributed by atoms with Gasteiger partial charge in [0.1, 0.15) is 0 Å². The van der Waals surface area contributed by atoms with Crippen LogP contribution in [0.25, 0.3) is 0 Å². The van der Waals surface area contributed by atoms with Crippen molar-refractivity contribution in [2.75, 3.05) is 32.7 Å². The third-order valence-corrected chi connectivity index (χ3v) is 4.56. The minimum atomic E-state index is 0.128. The van der Waals surface area contributed by atoms with Gasteiger partial charge in [-0.25, -0.2) is 0 Å². The zero-order valence-electron chi connectivity index (χ0n) is 12.9. The molecule has 2 aliphatic rings. The van der Waals surface area contributed by atoms with Crippen LogP contribution in [0.15, 0.2) is 0 Å². The van der Waals surface area contributed by atoms with Crippen LogP contribution in [0.1, 0.15) is 40.5 Å². The summed E-state index contributed by atoms with van der Waals surface area (Å²) in [4.78, 5) is 16.6. The van der Waals surface area contributed by atoms with Gasteiger partial charge < -0.3 is 10.2 Å². The minimum Gasteiger partial charge on any atom is -0.340 e. The lowest BCUT2D eigenvalue weighted by molar-refractivity contribution is -0.136. The smallest absolute Gasteiger partial charge is 0.225 e. The van der Waals surface area contributed by atoms with Crippen molar-refractivity contribution in [3.05, 3.63) is 0 Å². The molecule has 0 aromatic rings. The highest BCUT2D eigenvalue weighted by molar-refractivity contribution is 5.78. The molecule has 4 heteroatoms. The van der Waals surface area contributed by atoms with Gasteiger partial charge in [0.25, 0.3) is 0 Å². The quantitative estimate of drug-likeness (QED) is 0.819. The first-order valence-corrected chi connectivity index (χ1v) is 7.67. The molecule has 2 fully saturated rings. The van der Waals surface area contributed by atoms with Crippen LogP contribution in [0.2, 0.25) is 0 Å². The largest absolute Gasteiger partial charge is 0.340 e. The Bertz CT molecular complexity index is 309. The van der Waals surface area contributed by atoms with Gasteiger partial charge in [-0.1, -0.05) is 13.8 Å². The lowest BCUT2D eigenvalue weighted by Crippen LogP contribution is -2.58. The third-order valence-electron chi connectivity index (χ3n) is 4.56. The summed E-state index contributed by atoms with van der Waals surface area (Å²) < 4.78 is 0. The van der Waals surface area contributed by atoms with Crippen LogP contribution >= 0.6 is 0 Å². The van der Waals surface area contributed by atoms with Crippen molar-refractivity contribution >= 4 is 5.91 Å².